The average molecular weight is 306 g/mol. The fourth-order valence-electron chi connectivity index (χ4n) is 3.01. The van der Waals surface area contributed by atoms with Crippen molar-refractivity contribution in [3.8, 4) is 0 Å². The van der Waals surface area contributed by atoms with Crippen LogP contribution in [-0.2, 0) is 11.2 Å². The molecule has 0 fully saturated rings. The Kier molecular flexibility index (Phi) is 4.20. The van der Waals surface area contributed by atoms with Crippen molar-refractivity contribution in [3.05, 3.63) is 71.4 Å². The van der Waals surface area contributed by atoms with Gasteiger partial charge >= 0.3 is 0 Å². The lowest BCUT2D eigenvalue weighted by atomic mass is 10.0. The number of carbonyl (C=O) groups is 1. The Balaban J connectivity index is 1.82. The topological polar surface area (TPSA) is 36.1 Å². The normalized spacial score (nSPS) is 12.3. The molecule has 0 spiro atoms. The lowest BCUT2D eigenvalue weighted by molar-refractivity contribution is -0.131. The first-order chi connectivity index (χ1) is 11.1. The van der Waals surface area contributed by atoms with Crippen molar-refractivity contribution in [3.63, 3.8) is 0 Å². The van der Waals surface area contributed by atoms with Gasteiger partial charge in [0.15, 0.2) is 0 Å². The molecule has 3 rings (SSSR count). The van der Waals surface area contributed by atoms with Gasteiger partial charge in [-0.1, -0.05) is 48.5 Å². The summed E-state index contributed by atoms with van der Waals surface area (Å²) in [5, 5.41) is 1.14. The van der Waals surface area contributed by atoms with Crippen LogP contribution in [0.2, 0.25) is 0 Å². The number of carbonyl (C=O) groups excluding carboxylic acids is 1. The lowest BCUT2D eigenvalue weighted by Gasteiger charge is -2.25. The zero-order valence-electron chi connectivity index (χ0n) is 13.8. The van der Waals surface area contributed by atoms with E-state index < -0.39 is 0 Å². The summed E-state index contributed by atoms with van der Waals surface area (Å²) < 4.78 is 0. The molecule has 1 unspecified atom stereocenters. The van der Waals surface area contributed by atoms with Crippen LogP contribution in [0.15, 0.2) is 54.6 Å². The van der Waals surface area contributed by atoms with Gasteiger partial charge in [-0.2, -0.15) is 0 Å². The third-order valence-electron chi connectivity index (χ3n) is 4.61. The van der Waals surface area contributed by atoms with E-state index in [4.69, 9.17) is 0 Å². The Bertz CT molecular complexity index is 820. The van der Waals surface area contributed by atoms with Crippen LogP contribution in [0.3, 0.4) is 0 Å². The highest BCUT2D eigenvalue weighted by molar-refractivity contribution is 5.90. The first-order valence-corrected chi connectivity index (χ1v) is 7.94. The number of hydrogen-bond acceptors (Lipinski definition) is 1. The van der Waals surface area contributed by atoms with Crippen LogP contribution in [0, 0.1) is 6.92 Å². The highest BCUT2D eigenvalue weighted by atomic mass is 16.2. The zero-order chi connectivity index (χ0) is 16.4. The molecule has 1 heterocycles. The first kappa shape index (κ1) is 15.3. The molecule has 118 valence electrons. The summed E-state index contributed by atoms with van der Waals surface area (Å²) in [6, 6.07) is 18.3. The van der Waals surface area contributed by atoms with Crippen LogP contribution < -0.4 is 0 Å². The Morgan fingerprint density at radius 1 is 1.09 bits per heavy atom. The van der Waals surface area contributed by atoms with Crippen molar-refractivity contribution in [2.45, 2.75) is 26.3 Å². The van der Waals surface area contributed by atoms with Crippen LogP contribution in [0.4, 0.5) is 0 Å². The molecule has 23 heavy (non-hydrogen) atoms. The second kappa shape index (κ2) is 6.29. The lowest BCUT2D eigenvalue weighted by Crippen LogP contribution is -2.31. The smallest absolute Gasteiger partial charge is 0.227 e. The molecule has 3 nitrogen and oxygen atoms in total. The van der Waals surface area contributed by atoms with E-state index in [0.29, 0.717) is 6.42 Å². The number of aromatic amines is 1. The van der Waals surface area contributed by atoms with Gasteiger partial charge in [-0.05, 0) is 31.0 Å². The van der Waals surface area contributed by atoms with E-state index in [9.17, 15) is 4.79 Å². The molecule has 1 amide bonds. The van der Waals surface area contributed by atoms with Crippen molar-refractivity contribution in [2.24, 2.45) is 0 Å². The maximum atomic E-state index is 12.7. The second-order valence-electron chi connectivity index (χ2n) is 6.04. The van der Waals surface area contributed by atoms with Crippen LogP contribution in [-0.4, -0.2) is 22.8 Å². The van der Waals surface area contributed by atoms with Gasteiger partial charge in [0.2, 0.25) is 5.91 Å². The molecule has 3 heteroatoms. The summed E-state index contributed by atoms with van der Waals surface area (Å²) >= 11 is 0. The van der Waals surface area contributed by atoms with Gasteiger partial charge in [0.25, 0.3) is 0 Å². The number of rotatable bonds is 4. The number of amides is 1. The number of nitrogens with one attached hydrogen (secondary N) is 1. The van der Waals surface area contributed by atoms with Gasteiger partial charge in [0.05, 0.1) is 12.5 Å². The minimum Gasteiger partial charge on any atom is -0.358 e. The molecule has 3 aromatic rings. The Hall–Kier alpha value is -2.55. The molecule has 0 bridgehead atoms. The summed E-state index contributed by atoms with van der Waals surface area (Å²) in [5.41, 5.74) is 4.41. The number of likely N-dealkylation sites (N-methyl/N-ethyl adjacent to an activating group) is 1. The van der Waals surface area contributed by atoms with Crippen molar-refractivity contribution in [1.29, 1.82) is 0 Å². The monoisotopic (exact) mass is 306 g/mol. The third kappa shape index (κ3) is 3.00. The highest BCUT2D eigenvalue weighted by Gasteiger charge is 2.19. The molecule has 1 aromatic heterocycles. The van der Waals surface area contributed by atoms with E-state index in [0.717, 1.165) is 27.7 Å². The van der Waals surface area contributed by atoms with Crippen molar-refractivity contribution in [2.75, 3.05) is 7.05 Å². The molecule has 0 radical (unpaired) electrons. The summed E-state index contributed by atoms with van der Waals surface area (Å²) in [7, 11) is 1.88. The molecule has 2 aromatic carbocycles. The second-order valence-corrected chi connectivity index (χ2v) is 6.04. The fourth-order valence-corrected chi connectivity index (χ4v) is 3.01. The van der Waals surface area contributed by atoms with Crippen molar-refractivity contribution < 1.29 is 4.79 Å². The molecule has 0 aliphatic rings. The molecule has 1 atom stereocenters. The van der Waals surface area contributed by atoms with Gasteiger partial charge in [0, 0.05) is 23.6 Å². The molecular formula is C20H22N2O. The molecule has 0 aliphatic heterocycles. The van der Waals surface area contributed by atoms with Gasteiger partial charge in [-0.15, -0.1) is 0 Å². The zero-order valence-corrected chi connectivity index (χ0v) is 13.8. The number of nitrogens with zero attached hydrogens (tertiary/aromatic N) is 1. The van der Waals surface area contributed by atoms with E-state index in [1.54, 1.807) is 0 Å². The molecule has 0 saturated carbocycles. The van der Waals surface area contributed by atoms with Crippen LogP contribution in [0.25, 0.3) is 10.9 Å². The molecule has 0 aliphatic carbocycles. The summed E-state index contributed by atoms with van der Waals surface area (Å²) in [4.78, 5) is 17.9. The van der Waals surface area contributed by atoms with E-state index >= 15 is 0 Å². The Morgan fingerprint density at radius 3 is 2.48 bits per heavy atom. The SMILES string of the molecule is Cc1[nH]c2ccccc2c1CC(=O)N(C)C(C)c1ccccc1. The molecule has 0 saturated heterocycles. The predicted octanol–water partition coefficient (Wildman–Crippen LogP) is 4.24. The minimum atomic E-state index is 0.0641. The minimum absolute atomic E-state index is 0.0641. The number of fused-ring (bicyclic) bond motifs is 1. The third-order valence-corrected chi connectivity index (χ3v) is 4.61. The summed E-state index contributed by atoms with van der Waals surface area (Å²) in [6.07, 6.45) is 0.420. The quantitative estimate of drug-likeness (QED) is 0.769. The summed E-state index contributed by atoms with van der Waals surface area (Å²) in [6.45, 7) is 4.10. The number of aryl methyl sites for hydroxylation is 1. The standard InChI is InChI=1S/C20H22N2O/c1-14-18(17-11-7-8-12-19(17)21-14)13-20(23)22(3)15(2)16-9-5-4-6-10-16/h4-12,15,21H,13H2,1-3H3. The van der Waals surface area contributed by atoms with Crippen LogP contribution in [0.1, 0.15) is 29.8 Å². The van der Waals surface area contributed by atoms with Gasteiger partial charge < -0.3 is 9.88 Å². The molecule has 1 N–H and O–H groups in total. The number of aromatic nitrogens is 1. The van der Waals surface area contributed by atoms with Gasteiger partial charge in [-0.3, -0.25) is 4.79 Å². The maximum absolute atomic E-state index is 12.7. The highest BCUT2D eigenvalue weighted by Crippen LogP contribution is 2.24. The van der Waals surface area contributed by atoms with Gasteiger partial charge in [0.1, 0.15) is 0 Å². The van der Waals surface area contributed by atoms with Gasteiger partial charge in [-0.25, -0.2) is 0 Å². The van der Waals surface area contributed by atoms with Crippen molar-refractivity contribution in [1.82, 2.24) is 9.88 Å². The number of hydrogen-bond donors (Lipinski definition) is 1. The average Bonchev–Trinajstić information content (AvgIpc) is 2.90. The number of H-pyrrole nitrogens is 1. The van der Waals surface area contributed by atoms with Crippen LogP contribution >= 0.6 is 0 Å². The van der Waals surface area contributed by atoms with E-state index in [1.807, 2.05) is 55.3 Å². The maximum Gasteiger partial charge on any atom is 0.227 e. The van der Waals surface area contributed by atoms with E-state index in [1.165, 1.54) is 0 Å². The first-order valence-electron chi connectivity index (χ1n) is 7.94. The Morgan fingerprint density at radius 2 is 1.74 bits per heavy atom. The van der Waals surface area contributed by atoms with Crippen molar-refractivity contribution >= 4 is 16.8 Å². The van der Waals surface area contributed by atoms with E-state index in [2.05, 4.69) is 30.1 Å². The number of para-hydroxylation sites is 1. The summed E-state index contributed by atoms with van der Waals surface area (Å²) in [5.74, 6) is 0.134. The largest absolute Gasteiger partial charge is 0.358 e. The fraction of sp³-hybridized carbons (Fsp3) is 0.250. The number of benzene rings is 2. The van der Waals surface area contributed by atoms with Crippen LogP contribution in [0.5, 0.6) is 0 Å². The molecular weight excluding hydrogens is 284 g/mol. The van der Waals surface area contributed by atoms with E-state index in [-0.39, 0.29) is 11.9 Å². The predicted molar refractivity (Wildman–Crippen MR) is 94.4 cm³/mol. The Labute approximate surface area is 136 Å².